The number of hydrogen-bond acceptors (Lipinski definition) is 11. The van der Waals surface area contributed by atoms with Crippen molar-refractivity contribution in [3.8, 4) is 0 Å². The zero-order valence-corrected chi connectivity index (χ0v) is 16.6. The Morgan fingerprint density at radius 1 is 0.906 bits per heavy atom. The van der Waals surface area contributed by atoms with Crippen molar-refractivity contribution < 1.29 is 39.6 Å². The molecule has 2 heterocycles. The van der Waals surface area contributed by atoms with Gasteiger partial charge in [-0.15, -0.1) is 0 Å². The second-order valence-electron chi connectivity index (χ2n) is 7.05. The molecule has 1 aromatic rings. The molecule has 1 atom stereocenters. The fourth-order valence-electron chi connectivity index (χ4n) is 3.96. The number of anilines is 1. The largest absolute Gasteiger partial charge is 0.545 e. The summed E-state index contributed by atoms with van der Waals surface area (Å²) >= 11 is 0. The minimum Gasteiger partial charge on any atom is -0.545 e. The number of carbonyl (C=O) groups is 4. The van der Waals surface area contributed by atoms with Crippen LogP contribution in [0.3, 0.4) is 0 Å². The first-order valence-electron chi connectivity index (χ1n) is 9.51. The predicted octanol–water partition coefficient (Wildman–Crippen LogP) is -5.05. The molecular weight excluding hydrogens is 422 g/mol. The summed E-state index contributed by atoms with van der Waals surface area (Å²) in [7, 11) is 0. The summed E-state index contributed by atoms with van der Waals surface area (Å²) in [5.41, 5.74) is -3.49. The van der Waals surface area contributed by atoms with Crippen LogP contribution in [0.1, 0.15) is 5.56 Å². The van der Waals surface area contributed by atoms with Crippen molar-refractivity contribution in [2.24, 2.45) is 0 Å². The van der Waals surface area contributed by atoms with Crippen LogP contribution in [0.2, 0.25) is 0 Å². The molecule has 0 aromatic heterocycles. The highest BCUT2D eigenvalue weighted by atomic mass is 16.4. The fourth-order valence-corrected chi connectivity index (χ4v) is 3.96. The number of carbonyl (C=O) groups excluding carboxylic acids is 4. The molecule has 0 spiro atoms. The Morgan fingerprint density at radius 2 is 1.53 bits per heavy atom. The van der Waals surface area contributed by atoms with Gasteiger partial charge in [-0.1, -0.05) is 18.2 Å². The van der Waals surface area contributed by atoms with E-state index in [0.29, 0.717) is 24.3 Å². The van der Waals surface area contributed by atoms with Gasteiger partial charge < -0.3 is 50.2 Å². The number of piperazine rings is 1. The molecule has 0 bridgehead atoms. The van der Waals surface area contributed by atoms with Gasteiger partial charge in [-0.3, -0.25) is 4.90 Å². The SMILES string of the molecule is O=C([O-])C=C(C(=O)[O-])C1=Cc2ccccc2NC1(C(=CC(=O)[O-])C(=O)[O-])N1CCNCC1. The van der Waals surface area contributed by atoms with Gasteiger partial charge in [0, 0.05) is 48.6 Å². The van der Waals surface area contributed by atoms with Crippen molar-refractivity contribution in [1.82, 2.24) is 10.2 Å². The van der Waals surface area contributed by atoms with E-state index in [2.05, 4.69) is 10.6 Å². The van der Waals surface area contributed by atoms with Crippen LogP contribution < -0.4 is 31.1 Å². The quantitative estimate of drug-likeness (QED) is 0.387. The molecule has 32 heavy (non-hydrogen) atoms. The van der Waals surface area contributed by atoms with Crippen LogP contribution in [-0.2, 0) is 19.2 Å². The number of hydrogen-bond donors (Lipinski definition) is 2. The molecule has 1 saturated heterocycles. The molecule has 168 valence electrons. The van der Waals surface area contributed by atoms with E-state index < -0.39 is 40.7 Å². The van der Waals surface area contributed by atoms with Gasteiger partial charge in [0.05, 0.1) is 23.9 Å². The van der Waals surface area contributed by atoms with E-state index in [1.165, 1.54) is 11.0 Å². The number of para-hydroxylation sites is 1. The van der Waals surface area contributed by atoms with Gasteiger partial charge in [-0.05, 0) is 29.9 Å². The van der Waals surface area contributed by atoms with Crippen molar-refractivity contribution in [3.05, 3.63) is 58.7 Å². The van der Waals surface area contributed by atoms with Gasteiger partial charge in [-0.25, -0.2) is 0 Å². The van der Waals surface area contributed by atoms with Crippen LogP contribution >= 0.6 is 0 Å². The average molecular weight is 439 g/mol. The summed E-state index contributed by atoms with van der Waals surface area (Å²) in [6, 6.07) is 6.42. The van der Waals surface area contributed by atoms with Crippen molar-refractivity contribution in [2.45, 2.75) is 5.66 Å². The first-order chi connectivity index (χ1) is 15.2. The van der Waals surface area contributed by atoms with Gasteiger partial charge in [-0.2, -0.15) is 0 Å². The fraction of sp³-hybridized carbons (Fsp3) is 0.238. The third-order valence-electron chi connectivity index (χ3n) is 5.20. The Kier molecular flexibility index (Phi) is 6.42. The maximum atomic E-state index is 12.2. The lowest BCUT2D eigenvalue weighted by atomic mass is 9.79. The molecule has 3 rings (SSSR count). The number of fused-ring (bicyclic) bond motifs is 1. The van der Waals surface area contributed by atoms with Gasteiger partial charge in [0.25, 0.3) is 0 Å². The van der Waals surface area contributed by atoms with Crippen molar-refractivity contribution in [1.29, 1.82) is 0 Å². The van der Waals surface area contributed by atoms with Gasteiger partial charge >= 0.3 is 0 Å². The Bertz CT molecular complexity index is 1070. The molecule has 0 radical (unpaired) electrons. The Labute approximate surface area is 182 Å². The van der Waals surface area contributed by atoms with E-state index in [-0.39, 0.29) is 30.8 Å². The molecule has 11 nitrogen and oxygen atoms in total. The predicted molar refractivity (Wildman–Crippen MR) is 101 cm³/mol. The van der Waals surface area contributed by atoms with Crippen LogP contribution in [-0.4, -0.2) is 60.6 Å². The van der Waals surface area contributed by atoms with E-state index in [9.17, 15) is 39.6 Å². The highest BCUT2D eigenvalue weighted by Crippen LogP contribution is 2.43. The van der Waals surface area contributed by atoms with E-state index in [1.807, 2.05) is 0 Å². The third kappa shape index (κ3) is 4.24. The first kappa shape index (κ1) is 22.7. The highest BCUT2D eigenvalue weighted by Gasteiger charge is 2.48. The van der Waals surface area contributed by atoms with Crippen LogP contribution in [0.5, 0.6) is 0 Å². The highest BCUT2D eigenvalue weighted by molar-refractivity contribution is 6.04. The zero-order chi connectivity index (χ0) is 23.5. The Balaban J connectivity index is 2.43. The number of carboxylic acids is 4. The van der Waals surface area contributed by atoms with Crippen LogP contribution in [0.4, 0.5) is 5.69 Å². The maximum absolute atomic E-state index is 12.2. The van der Waals surface area contributed by atoms with Gasteiger partial charge in [0.2, 0.25) is 0 Å². The van der Waals surface area contributed by atoms with Crippen LogP contribution in [0.15, 0.2) is 53.1 Å². The maximum Gasteiger partial charge on any atom is 0.146 e. The molecule has 0 amide bonds. The number of aliphatic carboxylic acids is 4. The van der Waals surface area contributed by atoms with Crippen LogP contribution in [0, 0.1) is 0 Å². The molecule has 2 N–H and O–H groups in total. The average Bonchev–Trinajstić information content (AvgIpc) is 2.75. The van der Waals surface area contributed by atoms with E-state index in [4.69, 9.17) is 0 Å². The molecule has 0 aliphatic carbocycles. The van der Waals surface area contributed by atoms with Crippen molar-refractivity contribution in [2.75, 3.05) is 31.5 Å². The van der Waals surface area contributed by atoms with Crippen molar-refractivity contribution >= 4 is 35.6 Å². The molecule has 1 aromatic carbocycles. The summed E-state index contributed by atoms with van der Waals surface area (Å²) in [6.45, 7) is 1.01. The van der Waals surface area contributed by atoms with Crippen LogP contribution in [0.25, 0.3) is 6.08 Å². The first-order valence-corrected chi connectivity index (χ1v) is 9.51. The second-order valence-corrected chi connectivity index (χ2v) is 7.05. The Morgan fingerprint density at radius 3 is 2.09 bits per heavy atom. The minimum atomic E-state index is -2.13. The summed E-state index contributed by atoms with van der Waals surface area (Å²) in [5.74, 6) is -7.57. The second kappa shape index (κ2) is 9.04. The number of benzene rings is 1. The summed E-state index contributed by atoms with van der Waals surface area (Å²) in [6.07, 6.45) is 1.82. The lowest BCUT2D eigenvalue weighted by Gasteiger charge is -2.52. The summed E-state index contributed by atoms with van der Waals surface area (Å²) in [5, 5.41) is 52.8. The molecule has 1 fully saturated rings. The third-order valence-corrected chi connectivity index (χ3v) is 5.20. The van der Waals surface area contributed by atoms with E-state index >= 15 is 0 Å². The number of nitrogens with one attached hydrogen (secondary N) is 2. The normalized spacial score (nSPS) is 21.7. The lowest BCUT2D eigenvalue weighted by Crippen LogP contribution is -2.65. The number of nitrogens with zero attached hydrogens (tertiary/aromatic N) is 1. The molecule has 0 saturated carbocycles. The monoisotopic (exact) mass is 439 g/mol. The van der Waals surface area contributed by atoms with Gasteiger partial charge in [0.15, 0.2) is 0 Å². The lowest BCUT2D eigenvalue weighted by molar-refractivity contribution is -0.304. The standard InChI is InChI=1S/C21H21N3O8/c25-17(26)10-13(19(29)30)14-9-12-3-1-2-4-16(12)23-21(14,24-7-5-22-6-8-24)15(20(31)32)11-18(27)28/h1-4,9-11,22-23H,5-8H2,(H,25,26)(H,27,28)(H,29,30)(H,31,32)/p-4. The topological polar surface area (TPSA) is 188 Å². The van der Waals surface area contributed by atoms with Gasteiger partial charge in [0.1, 0.15) is 5.66 Å². The summed E-state index contributed by atoms with van der Waals surface area (Å²) < 4.78 is 0. The van der Waals surface area contributed by atoms with E-state index in [0.717, 1.165) is 0 Å². The smallest absolute Gasteiger partial charge is 0.146 e. The molecule has 11 heteroatoms. The molecule has 2 aliphatic rings. The molecule has 1 unspecified atom stereocenters. The Hall–Kier alpha value is -3.96. The number of carboxylic acid groups (broad SMARTS) is 4. The molecule has 2 aliphatic heterocycles. The van der Waals surface area contributed by atoms with E-state index in [1.54, 1.807) is 24.3 Å². The minimum absolute atomic E-state index is 0.149. The van der Waals surface area contributed by atoms with Crippen molar-refractivity contribution in [3.63, 3.8) is 0 Å². The number of rotatable bonds is 7. The molecular formula is C21H17N3O8-4. The summed E-state index contributed by atoms with van der Waals surface area (Å²) in [4.78, 5) is 48.3. The zero-order valence-electron chi connectivity index (χ0n) is 16.6.